The van der Waals surface area contributed by atoms with Crippen LogP contribution in [0, 0.1) is 12.8 Å². The van der Waals surface area contributed by atoms with Gasteiger partial charge in [0.2, 0.25) is 0 Å². The summed E-state index contributed by atoms with van der Waals surface area (Å²) in [5.41, 5.74) is 2.43. The highest BCUT2D eigenvalue weighted by atomic mass is 16.5. The van der Waals surface area contributed by atoms with Gasteiger partial charge in [0.15, 0.2) is 5.78 Å². The Labute approximate surface area is 197 Å². The van der Waals surface area contributed by atoms with Gasteiger partial charge in [0, 0.05) is 31.7 Å². The summed E-state index contributed by atoms with van der Waals surface area (Å²) in [5, 5.41) is 3.44. The zero-order chi connectivity index (χ0) is 23.4. The molecule has 2 aromatic rings. The Morgan fingerprint density at radius 1 is 1.30 bits per heavy atom. The number of hydrogen-bond acceptors (Lipinski definition) is 5. The topological polar surface area (TPSA) is 50.8 Å². The van der Waals surface area contributed by atoms with Crippen molar-refractivity contribution in [2.75, 3.05) is 26.2 Å². The molecule has 0 aliphatic carbocycles. The highest BCUT2D eigenvalue weighted by Crippen LogP contribution is 2.37. The van der Waals surface area contributed by atoms with Gasteiger partial charge in [-0.1, -0.05) is 36.4 Å². The zero-order valence-corrected chi connectivity index (χ0v) is 20.0. The quantitative estimate of drug-likeness (QED) is 0.503. The molecular weight excluding hydrogens is 412 g/mol. The molecule has 4 rings (SSSR count). The number of piperidine rings is 1. The van der Waals surface area contributed by atoms with E-state index < -0.39 is 5.60 Å². The molecule has 1 spiro atoms. The lowest BCUT2D eigenvalue weighted by Gasteiger charge is -2.51. The van der Waals surface area contributed by atoms with E-state index in [-0.39, 0.29) is 23.9 Å². The van der Waals surface area contributed by atoms with Crippen molar-refractivity contribution in [3.05, 3.63) is 77.9 Å². The minimum Gasteiger partial charge on any atom is -0.491 e. The Morgan fingerprint density at radius 3 is 2.79 bits per heavy atom. The van der Waals surface area contributed by atoms with Crippen LogP contribution in [0.25, 0.3) is 0 Å². The van der Waals surface area contributed by atoms with Gasteiger partial charge in [-0.3, -0.25) is 9.69 Å². The van der Waals surface area contributed by atoms with Crippen molar-refractivity contribution in [2.24, 2.45) is 5.92 Å². The second-order valence-corrected chi connectivity index (χ2v) is 9.63. The van der Waals surface area contributed by atoms with E-state index in [0.29, 0.717) is 6.54 Å². The average Bonchev–Trinajstić information content (AvgIpc) is 2.80. The third-order valence-corrected chi connectivity index (χ3v) is 6.67. The number of ketones is 1. The molecular formula is C28H36N2O3. The normalized spacial score (nSPS) is 25.8. The minimum atomic E-state index is -0.533. The third kappa shape index (κ3) is 5.37. The number of carbonyl (C=O) groups excluding carboxylic acids is 1. The molecule has 5 heteroatoms. The first-order valence-corrected chi connectivity index (χ1v) is 12.0. The van der Waals surface area contributed by atoms with Crippen molar-refractivity contribution in [3.63, 3.8) is 0 Å². The summed E-state index contributed by atoms with van der Waals surface area (Å²) < 4.78 is 12.5. The highest BCUT2D eigenvalue weighted by molar-refractivity contribution is 5.99. The van der Waals surface area contributed by atoms with Crippen LogP contribution in [0.3, 0.4) is 0 Å². The van der Waals surface area contributed by atoms with Crippen molar-refractivity contribution >= 4 is 5.78 Å². The first-order valence-electron chi connectivity index (χ1n) is 12.0. The Balaban J connectivity index is 1.60. The molecule has 33 heavy (non-hydrogen) atoms. The SMILES string of the molecule is C=CC1CN(Cc2ccccc2)CC2(CCNCC2C(=O)c2ccc(OC(C)C)c(C)c2)O1. The lowest BCUT2D eigenvalue weighted by atomic mass is 9.75. The van der Waals surface area contributed by atoms with Crippen LogP contribution in [0.2, 0.25) is 0 Å². The molecule has 0 bridgehead atoms. The predicted molar refractivity (Wildman–Crippen MR) is 132 cm³/mol. The molecule has 0 saturated carbocycles. The fourth-order valence-corrected chi connectivity index (χ4v) is 5.12. The average molecular weight is 449 g/mol. The minimum absolute atomic E-state index is 0.0955. The van der Waals surface area contributed by atoms with Crippen LogP contribution in [0.5, 0.6) is 5.75 Å². The predicted octanol–water partition coefficient (Wildman–Crippen LogP) is 4.40. The molecule has 0 aromatic heterocycles. The molecule has 5 nitrogen and oxygen atoms in total. The number of hydrogen-bond donors (Lipinski definition) is 1. The molecule has 3 unspecified atom stereocenters. The second-order valence-electron chi connectivity index (χ2n) is 9.63. The van der Waals surface area contributed by atoms with Crippen LogP contribution in [0.4, 0.5) is 0 Å². The third-order valence-electron chi connectivity index (χ3n) is 6.67. The largest absolute Gasteiger partial charge is 0.491 e. The van der Waals surface area contributed by atoms with Crippen LogP contribution in [-0.4, -0.2) is 54.7 Å². The van der Waals surface area contributed by atoms with Crippen molar-refractivity contribution < 1.29 is 14.3 Å². The number of ether oxygens (including phenoxy) is 2. The van der Waals surface area contributed by atoms with E-state index in [0.717, 1.165) is 49.5 Å². The molecule has 2 heterocycles. The molecule has 2 aliphatic heterocycles. The van der Waals surface area contributed by atoms with Gasteiger partial charge in [-0.25, -0.2) is 0 Å². The number of aryl methyl sites for hydroxylation is 1. The number of Topliss-reactive ketones (excluding diaryl/α,β-unsaturated/α-hetero) is 1. The monoisotopic (exact) mass is 448 g/mol. The molecule has 176 valence electrons. The lowest BCUT2D eigenvalue weighted by molar-refractivity contribution is -0.169. The maximum absolute atomic E-state index is 13.8. The first-order chi connectivity index (χ1) is 15.9. The summed E-state index contributed by atoms with van der Waals surface area (Å²) in [4.78, 5) is 16.2. The molecule has 2 fully saturated rings. The zero-order valence-electron chi connectivity index (χ0n) is 20.0. The highest BCUT2D eigenvalue weighted by Gasteiger charge is 2.50. The van der Waals surface area contributed by atoms with E-state index in [1.807, 2.05) is 51.1 Å². The first kappa shape index (κ1) is 23.7. The van der Waals surface area contributed by atoms with Crippen LogP contribution < -0.4 is 10.1 Å². The fraction of sp³-hybridized carbons (Fsp3) is 0.464. The lowest BCUT2D eigenvalue weighted by Crippen LogP contribution is -2.64. The standard InChI is InChI=1S/C28H36N2O3/c1-5-24-18-30(17-22-9-7-6-8-10-22)19-28(33-24)13-14-29-16-25(28)27(31)23-11-12-26(21(4)15-23)32-20(2)3/h5-12,15,20,24-25,29H,1,13-14,16-19H2,2-4H3. The van der Waals surface area contributed by atoms with Gasteiger partial charge in [-0.2, -0.15) is 0 Å². The Bertz CT molecular complexity index is 974. The summed E-state index contributed by atoms with van der Waals surface area (Å²) in [6.07, 6.45) is 2.68. The van der Waals surface area contributed by atoms with E-state index in [9.17, 15) is 4.79 Å². The molecule has 2 saturated heterocycles. The van der Waals surface area contributed by atoms with Crippen molar-refractivity contribution in [3.8, 4) is 5.75 Å². The summed E-state index contributed by atoms with van der Waals surface area (Å²) >= 11 is 0. The van der Waals surface area contributed by atoms with Crippen LogP contribution in [-0.2, 0) is 11.3 Å². The molecule has 0 radical (unpaired) electrons. The number of rotatable bonds is 7. The number of morpholine rings is 1. The van der Waals surface area contributed by atoms with Crippen molar-refractivity contribution in [1.82, 2.24) is 10.2 Å². The van der Waals surface area contributed by atoms with Gasteiger partial charge in [-0.15, -0.1) is 6.58 Å². The molecule has 0 amide bonds. The van der Waals surface area contributed by atoms with Gasteiger partial charge in [0.25, 0.3) is 0 Å². The fourth-order valence-electron chi connectivity index (χ4n) is 5.12. The maximum atomic E-state index is 13.8. The van der Waals surface area contributed by atoms with Gasteiger partial charge >= 0.3 is 0 Å². The number of nitrogens with zero attached hydrogens (tertiary/aromatic N) is 1. The Kier molecular flexibility index (Phi) is 7.32. The van der Waals surface area contributed by atoms with Gasteiger partial charge in [-0.05, 0) is 63.1 Å². The van der Waals surface area contributed by atoms with E-state index in [2.05, 4.69) is 41.1 Å². The van der Waals surface area contributed by atoms with Crippen LogP contribution in [0.15, 0.2) is 61.2 Å². The summed E-state index contributed by atoms with van der Waals surface area (Å²) in [5.74, 6) is 0.696. The Hall–Kier alpha value is -2.47. The maximum Gasteiger partial charge on any atom is 0.170 e. The molecule has 2 aromatic carbocycles. The van der Waals surface area contributed by atoms with Crippen molar-refractivity contribution in [1.29, 1.82) is 0 Å². The molecule has 1 N–H and O–H groups in total. The summed E-state index contributed by atoms with van der Waals surface area (Å²) in [6.45, 7) is 13.8. The van der Waals surface area contributed by atoms with Crippen LogP contribution >= 0.6 is 0 Å². The summed E-state index contributed by atoms with van der Waals surface area (Å²) in [7, 11) is 0. The Morgan fingerprint density at radius 2 is 2.09 bits per heavy atom. The number of benzene rings is 2. The van der Waals surface area contributed by atoms with E-state index in [1.54, 1.807) is 0 Å². The van der Waals surface area contributed by atoms with Gasteiger partial charge in [0.1, 0.15) is 5.75 Å². The van der Waals surface area contributed by atoms with E-state index in [1.165, 1.54) is 5.56 Å². The van der Waals surface area contributed by atoms with Gasteiger partial charge in [0.05, 0.1) is 23.7 Å². The summed E-state index contributed by atoms with van der Waals surface area (Å²) in [6, 6.07) is 16.3. The van der Waals surface area contributed by atoms with E-state index in [4.69, 9.17) is 9.47 Å². The smallest absolute Gasteiger partial charge is 0.170 e. The van der Waals surface area contributed by atoms with Crippen LogP contribution in [0.1, 0.15) is 41.8 Å². The molecule has 3 atom stereocenters. The number of carbonyl (C=O) groups is 1. The van der Waals surface area contributed by atoms with E-state index >= 15 is 0 Å². The number of nitrogens with one attached hydrogen (secondary N) is 1. The van der Waals surface area contributed by atoms with Crippen molar-refractivity contribution in [2.45, 2.75) is 51.5 Å². The molecule has 2 aliphatic rings. The second kappa shape index (κ2) is 10.2. The van der Waals surface area contributed by atoms with Gasteiger partial charge < -0.3 is 14.8 Å².